The fraction of sp³-hybridized carbons (Fsp3) is 0.133. The second-order valence-electron chi connectivity index (χ2n) is 4.56. The molecule has 0 atom stereocenters. The molecule has 0 aliphatic rings. The van der Waals surface area contributed by atoms with E-state index in [1.165, 1.54) is 11.1 Å². The summed E-state index contributed by atoms with van der Waals surface area (Å²) < 4.78 is 1.99. The summed E-state index contributed by atoms with van der Waals surface area (Å²) in [5.41, 5.74) is 5.43. The van der Waals surface area contributed by atoms with Gasteiger partial charge in [0.2, 0.25) is 0 Å². The largest absolute Gasteiger partial charge is 0.508 e. The van der Waals surface area contributed by atoms with Crippen molar-refractivity contribution < 1.29 is 5.11 Å². The van der Waals surface area contributed by atoms with Crippen LogP contribution in [0.4, 0.5) is 0 Å². The first-order valence-electron chi connectivity index (χ1n) is 5.89. The zero-order valence-corrected chi connectivity index (χ0v) is 10.4. The number of nitrogens with zero attached hydrogens (tertiary/aromatic N) is 2. The number of phenolic OH excluding ortho intramolecular Hbond substituents is 1. The van der Waals surface area contributed by atoms with Gasteiger partial charge in [0.25, 0.3) is 0 Å². The predicted molar refractivity (Wildman–Crippen MR) is 72.2 cm³/mol. The Kier molecular flexibility index (Phi) is 2.33. The van der Waals surface area contributed by atoms with Crippen LogP contribution in [0.3, 0.4) is 0 Å². The highest BCUT2D eigenvalue weighted by Crippen LogP contribution is 2.23. The maximum atomic E-state index is 9.55. The molecule has 1 N–H and O–H groups in total. The number of hydrogen-bond donors (Lipinski definition) is 1. The molecule has 0 bridgehead atoms. The summed E-state index contributed by atoms with van der Waals surface area (Å²) in [4.78, 5) is 4.41. The molecule has 90 valence electrons. The molecule has 0 aliphatic heterocycles. The van der Waals surface area contributed by atoms with E-state index in [9.17, 15) is 5.11 Å². The van der Waals surface area contributed by atoms with E-state index in [1.54, 1.807) is 18.5 Å². The lowest BCUT2D eigenvalue weighted by Gasteiger charge is -2.06. The first kappa shape index (κ1) is 10.8. The topological polar surface area (TPSA) is 38.0 Å². The number of rotatable bonds is 1. The molecule has 0 unspecified atom stereocenters. The van der Waals surface area contributed by atoms with E-state index in [2.05, 4.69) is 31.0 Å². The first-order chi connectivity index (χ1) is 8.65. The van der Waals surface area contributed by atoms with Gasteiger partial charge >= 0.3 is 0 Å². The number of hydrogen-bond acceptors (Lipinski definition) is 2. The van der Waals surface area contributed by atoms with Gasteiger partial charge in [-0.3, -0.25) is 4.57 Å². The average molecular weight is 238 g/mol. The van der Waals surface area contributed by atoms with Crippen molar-refractivity contribution in [3.63, 3.8) is 0 Å². The van der Waals surface area contributed by atoms with Crippen LogP contribution in [-0.2, 0) is 0 Å². The van der Waals surface area contributed by atoms with E-state index in [0.717, 1.165) is 16.7 Å². The zero-order valence-electron chi connectivity index (χ0n) is 10.4. The lowest BCUT2D eigenvalue weighted by atomic mass is 10.1. The number of imidazole rings is 1. The molecule has 0 amide bonds. The molecule has 0 radical (unpaired) electrons. The van der Waals surface area contributed by atoms with Gasteiger partial charge in [0.15, 0.2) is 0 Å². The molecule has 2 aromatic carbocycles. The molecule has 3 heteroatoms. The minimum atomic E-state index is 0.262. The van der Waals surface area contributed by atoms with E-state index in [0.29, 0.717) is 0 Å². The fourth-order valence-corrected chi connectivity index (χ4v) is 2.11. The molecule has 3 aromatic rings. The van der Waals surface area contributed by atoms with Crippen molar-refractivity contribution in [2.75, 3.05) is 0 Å². The summed E-state index contributed by atoms with van der Waals surface area (Å²) in [5.74, 6) is 0.262. The number of aromatic nitrogens is 2. The van der Waals surface area contributed by atoms with E-state index >= 15 is 0 Å². The molecule has 18 heavy (non-hydrogen) atoms. The smallest absolute Gasteiger partial charge is 0.117 e. The molecular formula is C15H14N2O. The molecule has 0 aliphatic carbocycles. The molecule has 0 spiro atoms. The maximum absolute atomic E-state index is 9.55. The quantitative estimate of drug-likeness (QED) is 0.706. The van der Waals surface area contributed by atoms with Gasteiger partial charge in [-0.05, 0) is 49.2 Å². The Morgan fingerprint density at radius 1 is 1.06 bits per heavy atom. The molecule has 0 fully saturated rings. The second-order valence-corrected chi connectivity index (χ2v) is 4.56. The lowest BCUT2D eigenvalue weighted by molar-refractivity contribution is 0.475. The van der Waals surface area contributed by atoms with Crippen molar-refractivity contribution in [1.82, 2.24) is 9.55 Å². The molecule has 3 rings (SSSR count). The standard InChI is InChI=1S/C15H14N2O/c1-10-6-14-15(7-11(10)2)17(9-16-14)12-4-3-5-13(18)8-12/h3-9,18H,1-2H3. The zero-order chi connectivity index (χ0) is 12.7. The second kappa shape index (κ2) is 3.88. The molecule has 0 saturated carbocycles. The predicted octanol–water partition coefficient (Wildman–Crippen LogP) is 3.35. The maximum Gasteiger partial charge on any atom is 0.117 e. The van der Waals surface area contributed by atoms with E-state index < -0.39 is 0 Å². The van der Waals surface area contributed by atoms with Crippen LogP contribution in [0.2, 0.25) is 0 Å². The summed E-state index contributed by atoms with van der Waals surface area (Å²) in [6, 6.07) is 11.4. The van der Waals surface area contributed by atoms with Crippen LogP contribution in [0.5, 0.6) is 5.75 Å². The molecule has 1 aromatic heterocycles. The Bertz CT molecular complexity index is 728. The number of fused-ring (bicyclic) bond motifs is 1. The molecule has 1 heterocycles. The Hall–Kier alpha value is -2.29. The third kappa shape index (κ3) is 1.64. The van der Waals surface area contributed by atoms with Crippen molar-refractivity contribution in [3.05, 3.63) is 53.9 Å². The van der Waals surface area contributed by atoms with Gasteiger partial charge in [0.05, 0.1) is 16.7 Å². The third-order valence-electron chi connectivity index (χ3n) is 3.27. The minimum Gasteiger partial charge on any atom is -0.508 e. The van der Waals surface area contributed by atoms with Crippen LogP contribution < -0.4 is 0 Å². The number of aromatic hydroxyl groups is 1. The highest BCUT2D eigenvalue weighted by Gasteiger charge is 2.06. The molecule has 3 nitrogen and oxygen atoms in total. The van der Waals surface area contributed by atoms with Crippen molar-refractivity contribution in [2.24, 2.45) is 0 Å². The summed E-state index contributed by atoms with van der Waals surface area (Å²) in [7, 11) is 0. The van der Waals surface area contributed by atoms with Crippen LogP contribution in [0, 0.1) is 13.8 Å². The monoisotopic (exact) mass is 238 g/mol. The normalized spacial score (nSPS) is 11.0. The summed E-state index contributed by atoms with van der Waals surface area (Å²) in [5, 5.41) is 9.55. The van der Waals surface area contributed by atoms with Gasteiger partial charge in [-0.15, -0.1) is 0 Å². The number of phenols is 1. The van der Waals surface area contributed by atoms with Gasteiger partial charge in [0.1, 0.15) is 12.1 Å². The van der Waals surface area contributed by atoms with Crippen molar-refractivity contribution >= 4 is 11.0 Å². The minimum absolute atomic E-state index is 0.262. The van der Waals surface area contributed by atoms with Crippen LogP contribution in [0.1, 0.15) is 11.1 Å². The number of aryl methyl sites for hydroxylation is 2. The third-order valence-corrected chi connectivity index (χ3v) is 3.27. The highest BCUT2D eigenvalue weighted by atomic mass is 16.3. The fourth-order valence-electron chi connectivity index (χ4n) is 2.11. The van der Waals surface area contributed by atoms with Crippen molar-refractivity contribution in [1.29, 1.82) is 0 Å². The Balaban J connectivity index is 2.27. The van der Waals surface area contributed by atoms with Gasteiger partial charge in [-0.25, -0.2) is 4.98 Å². The highest BCUT2D eigenvalue weighted by molar-refractivity contribution is 5.79. The van der Waals surface area contributed by atoms with Gasteiger partial charge < -0.3 is 5.11 Å². The molecule has 0 saturated heterocycles. The summed E-state index contributed by atoms with van der Waals surface area (Å²) in [6.07, 6.45) is 1.79. The lowest BCUT2D eigenvalue weighted by Crippen LogP contribution is -1.92. The van der Waals surface area contributed by atoms with Crippen molar-refractivity contribution in [2.45, 2.75) is 13.8 Å². The number of benzene rings is 2. The first-order valence-corrected chi connectivity index (χ1v) is 5.89. The van der Waals surface area contributed by atoms with Crippen LogP contribution in [-0.4, -0.2) is 14.7 Å². The SMILES string of the molecule is Cc1cc2ncn(-c3cccc(O)c3)c2cc1C. The average Bonchev–Trinajstić information content (AvgIpc) is 2.73. The van der Waals surface area contributed by atoms with E-state index in [1.807, 2.05) is 16.7 Å². The van der Waals surface area contributed by atoms with Crippen molar-refractivity contribution in [3.8, 4) is 11.4 Å². The van der Waals surface area contributed by atoms with Gasteiger partial charge in [0, 0.05) is 6.07 Å². The Morgan fingerprint density at radius 2 is 1.83 bits per heavy atom. The van der Waals surface area contributed by atoms with Gasteiger partial charge in [-0.1, -0.05) is 6.07 Å². The summed E-state index contributed by atoms with van der Waals surface area (Å²) >= 11 is 0. The Labute approximate surface area is 105 Å². The van der Waals surface area contributed by atoms with Crippen LogP contribution >= 0.6 is 0 Å². The Morgan fingerprint density at radius 3 is 2.61 bits per heavy atom. The molecular weight excluding hydrogens is 224 g/mol. The van der Waals surface area contributed by atoms with Gasteiger partial charge in [-0.2, -0.15) is 0 Å². The van der Waals surface area contributed by atoms with E-state index in [4.69, 9.17) is 0 Å². The summed E-state index contributed by atoms with van der Waals surface area (Å²) in [6.45, 7) is 4.18. The van der Waals surface area contributed by atoms with Crippen LogP contribution in [0.15, 0.2) is 42.7 Å². The van der Waals surface area contributed by atoms with Crippen LogP contribution in [0.25, 0.3) is 16.7 Å². The van der Waals surface area contributed by atoms with E-state index in [-0.39, 0.29) is 5.75 Å².